The average molecular weight is 327 g/mol. The Kier molecular flexibility index (Phi) is 5.89. The molecule has 0 unspecified atom stereocenters. The Hall–Kier alpha value is -1.95. The Labute approximate surface area is 134 Å². The van der Waals surface area contributed by atoms with Crippen molar-refractivity contribution in [1.82, 2.24) is 9.80 Å². The van der Waals surface area contributed by atoms with Crippen LogP contribution in [0, 0.1) is 0 Å². The van der Waals surface area contributed by atoms with Crippen molar-refractivity contribution >= 4 is 23.4 Å². The second-order valence-corrected chi connectivity index (χ2v) is 5.13. The number of amides is 2. The van der Waals surface area contributed by atoms with Gasteiger partial charge in [0.2, 0.25) is 5.91 Å². The minimum Gasteiger partial charge on any atom is -0.497 e. The highest BCUT2D eigenvalue weighted by molar-refractivity contribution is 6.27. The lowest BCUT2D eigenvalue weighted by Crippen LogP contribution is -2.51. The molecule has 2 rings (SSSR count). The van der Waals surface area contributed by atoms with Gasteiger partial charge in [-0.3, -0.25) is 9.59 Å². The van der Waals surface area contributed by atoms with E-state index in [-0.39, 0.29) is 24.3 Å². The van der Waals surface area contributed by atoms with Gasteiger partial charge in [-0.2, -0.15) is 0 Å². The van der Waals surface area contributed by atoms with E-state index in [0.717, 1.165) is 0 Å². The molecule has 1 fully saturated rings. The first-order valence-electron chi connectivity index (χ1n) is 7.02. The molecule has 0 aromatic heterocycles. The van der Waals surface area contributed by atoms with Gasteiger partial charge in [-0.05, 0) is 12.1 Å². The van der Waals surface area contributed by atoms with E-state index in [0.29, 0.717) is 37.7 Å². The third-order valence-corrected chi connectivity index (χ3v) is 3.73. The number of ether oxygens (including phenoxy) is 2. The van der Waals surface area contributed by atoms with Crippen molar-refractivity contribution in [2.75, 3.05) is 45.8 Å². The van der Waals surface area contributed by atoms with E-state index in [1.807, 2.05) is 6.07 Å². The van der Waals surface area contributed by atoms with Gasteiger partial charge in [-0.25, -0.2) is 0 Å². The first-order chi connectivity index (χ1) is 10.6. The van der Waals surface area contributed by atoms with Gasteiger partial charge in [0.05, 0.1) is 7.11 Å². The molecule has 1 aliphatic heterocycles. The predicted molar refractivity (Wildman–Crippen MR) is 82.4 cm³/mol. The number of carbonyl (C=O) groups excluding carboxylic acids is 2. The van der Waals surface area contributed by atoms with Crippen molar-refractivity contribution in [2.45, 2.75) is 0 Å². The van der Waals surface area contributed by atoms with E-state index in [4.69, 9.17) is 21.1 Å². The number of hydrogen-bond donors (Lipinski definition) is 0. The summed E-state index contributed by atoms with van der Waals surface area (Å²) in [4.78, 5) is 26.9. The molecule has 1 aromatic rings. The van der Waals surface area contributed by atoms with E-state index < -0.39 is 0 Å². The summed E-state index contributed by atoms with van der Waals surface area (Å²) in [5.41, 5.74) is 0. The highest BCUT2D eigenvalue weighted by Crippen LogP contribution is 2.18. The fraction of sp³-hybridized carbons (Fsp3) is 0.467. The zero-order valence-electron chi connectivity index (χ0n) is 12.5. The molecule has 0 bridgehead atoms. The van der Waals surface area contributed by atoms with Gasteiger partial charge in [0.15, 0.2) is 6.61 Å². The number of alkyl halides is 1. The third kappa shape index (κ3) is 4.27. The summed E-state index contributed by atoms with van der Waals surface area (Å²) in [5.74, 6) is 1.05. The van der Waals surface area contributed by atoms with Crippen molar-refractivity contribution in [2.24, 2.45) is 0 Å². The van der Waals surface area contributed by atoms with Crippen molar-refractivity contribution in [3.8, 4) is 11.5 Å². The molecule has 1 aliphatic rings. The molecule has 1 heterocycles. The minimum atomic E-state index is -0.0965. The maximum atomic E-state index is 12.1. The van der Waals surface area contributed by atoms with Crippen LogP contribution in [-0.2, 0) is 9.59 Å². The standard InChI is InChI=1S/C15H19ClN2O4/c1-21-12-3-2-4-13(9-12)22-11-15(20)18-7-5-17(6-8-18)14(19)10-16/h2-4,9H,5-8,10-11H2,1H3. The van der Waals surface area contributed by atoms with Crippen LogP contribution in [0.2, 0.25) is 0 Å². The molecular weight excluding hydrogens is 308 g/mol. The van der Waals surface area contributed by atoms with E-state index >= 15 is 0 Å². The highest BCUT2D eigenvalue weighted by Gasteiger charge is 2.23. The number of hydrogen-bond acceptors (Lipinski definition) is 4. The summed E-state index contributed by atoms with van der Waals surface area (Å²) in [7, 11) is 1.58. The molecule has 0 radical (unpaired) electrons. The lowest BCUT2D eigenvalue weighted by atomic mass is 10.3. The Balaban J connectivity index is 1.79. The molecule has 0 aliphatic carbocycles. The van der Waals surface area contributed by atoms with Crippen molar-refractivity contribution < 1.29 is 19.1 Å². The van der Waals surface area contributed by atoms with E-state index in [2.05, 4.69) is 0 Å². The van der Waals surface area contributed by atoms with Crippen LogP contribution in [0.1, 0.15) is 0 Å². The number of benzene rings is 1. The number of halogens is 1. The van der Waals surface area contributed by atoms with Gasteiger partial charge in [-0.15, -0.1) is 11.6 Å². The molecule has 1 saturated heterocycles. The molecule has 0 spiro atoms. The van der Waals surface area contributed by atoms with E-state index in [9.17, 15) is 9.59 Å². The third-order valence-electron chi connectivity index (χ3n) is 3.50. The minimum absolute atomic E-state index is 0.0209. The molecule has 0 atom stereocenters. The van der Waals surface area contributed by atoms with E-state index in [1.165, 1.54) is 0 Å². The molecule has 2 amide bonds. The zero-order chi connectivity index (χ0) is 15.9. The number of methoxy groups -OCH3 is 1. The van der Waals surface area contributed by atoms with Gasteiger partial charge in [0, 0.05) is 32.2 Å². The fourth-order valence-corrected chi connectivity index (χ4v) is 2.39. The van der Waals surface area contributed by atoms with Crippen LogP contribution in [0.4, 0.5) is 0 Å². The van der Waals surface area contributed by atoms with Crippen LogP contribution in [0.5, 0.6) is 11.5 Å². The molecule has 6 nitrogen and oxygen atoms in total. The number of carbonyl (C=O) groups is 2. The summed E-state index contributed by atoms with van der Waals surface area (Å²) in [6, 6.07) is 7.11. The van der Waals surface area contributed by atoms with Gasteiger partial charge >= 0.3 is 0 Å². The van der Waals surface area contributed by atoms with Crippen molar-refractivity contribution in [3.63, 3.8) is 0 Å². The molecule has 120 valence electrons. The molecule has 0 N–H and O–H groups in total. The van der Waals surface area contributed by atoms with Gasteiger partial charge < -0.3 is 19.3 Å². The monoisotopic (exact) mass is 326 g/mol. The Bertz CT molecular complexity index is 530. The number of nitrogens with zero attached hydrogens (tertiary/aromatic N) is 2. The summed E-state index contributed by atoms with van der Waals surface area (Å²) in [5, 5.41) is 0. The fourth-order valence-electron chi connectivity index (χ4n) is 2.22. The van der Waals surface area contributed by atoms with Crippen LogP contribution in [0.15, 0.2) is 24.3 Å². The van der Waals surface area contributed by atoms with Crippen molar-refractivity contribution in [1.29, 1.82) is 0 Å². The topological polar surface area (TPSA) is 59.1 Å². The lowest BCUT2D eigenvalue weighted by molar-refractivity contribution is -0.139. The second-order valence-electron chi connectivity index (χ2n) is 4.86. The molecular formula is C15H19ClN2O4. The second kappa shape index (κ2) is 7.89. The summed E-state index contributed by atoms with van der Waals surface area (Å²) >= 11 is 5.52. The average Bonchev–Trinajstić information content (AvgIpc) is 2.59. The molecule has 0 saturated carbocycles. The van der Waals surface area contributed by atoms with Gasteiger partial charge in [-0.1, -0.05) is 6.07 Å². The van der Waals surface area contributed by atoms with Crippen LogP contribution < -0.4 is 9.47 Å². The van der Waals surface area contributed by atoms with Crippen LogP contribution in [-0.4, -0.2) is 67.4 Å². The highest BCUT2D eigenvalue weighted by atomic mass is 35.5. The summed E-state index contributed by atoms with van der Waals surface area (Å²) in [6.45, 7) is 2.00. The van der Waals surface area contributed by atoms with E-state index in [1.54, 1.807) is 35.1 Å². The Morgan fingerprint density at radius 1 is 1.09 bits per heavy atom. The number of piperazine rings is 1. The summed E-state index contributed by atoms with van der Waals surface area (Å²) < 4.78 is 10.6. The Morgan fingerprint density at radius 2 is 1.68 bits per heavy atom. The van der Waals surface area contributed by atoms with Crippen molar-refractivity contribution in [3.05, 3.63) is 24.3 Å². The molecule has 7 heteroatoms. The van der Waals surface area contributed by atoms with Gasteiger partial charge in [0.1, 0.15) is 17.4 Å². The first kappa shape index (κ1) is 16.4. The maximum Gasteiger partial charge on any atom is 0.260 e. The molecule has 22 heavy (non-hydrogen) atoms. The molecule has 1 aromatic carbocycles. The SMILES string of the molecule is COc1cccc(OCC(=O)N2CCN(C(=O)CCl)CC2)c1. The Morgan fingerprint density at radius 3 is 2.27 bits per heavy atom. The normalized spacial score (nSPS) is 14.6. The zero-order valence-corrected chi connectivity index (χ0v) is 13.2. The maximum absolute atomic E-state index is 12.1. The first-order valence-corrected chi connectivity index (χ1v) is 7.56. The number of rotatable bonds is 5. The summed E-state index contributed by atoms with van der Waals surface area (Å²) in [6.07, 6.45) is 0. The van der Waals surface area contributed by atoms with Crippen LogP contribution >= 0.6 is 11.6 Å². The lowest BCUT2D eigenvalue weighted by Gasteiger charge is -2.34. The van der Waals surface area contributed by atoms with Gasteiger partial charge in [0.25, 0.3) is 5.91 Å². The largest absolute Gasteiger partial charge is 0.497 e. The quantitative estimate of drug-likeness (QED) is 0.757. The van der Waals surface area contributed by atoms with Crippen LogP contribution in [0.3, 0.4) is 0 Å². The predicted octanol–water partition coefficient (Wildman–Crippen LogP) is 0.984. The smallest absolute Gasteiger partial charge is 0.260 e. The van der Waals surface area contributed by atoms with Crippen LogP contribution in [0.25, 0.3) is 0 Å².